The average Bonchev–Trinajstić information content (AvgIpc) is 2.85. The number of hydrogen-bond acceptors (Lipinski definition) is 6. The second-order valence-corrected chi connectivity index (χ2v) is 7.82. The lowest BCUT2D eigenvalue weighted by Gasteiger charge is -2.19. The number of alkyl halides is 3. The molecule has 0 aliphatic rings. The van der Waals surface area contributed by atoms with Gasteiger partial charge in [0.1, 0.15) is 29.4 Å². The molecular weight excluding hydrogens is 515 g/mol. The second-order valence-electron chi connectivity index (χ2n) is 7.41. The van der Waals surface area contributed by atoms with Gasteiger partial charge in [0, 0.05) is 37.6 Å². The number of nitrogens with one attached hydrogen (secondary N) is 4. The molecule has 196 valence electrons. The average molecular weight is 538 g/mol. The van der Waals surface area contributed by atoms with Crippen molar-refractivity contribution in [3.8, 4) is 17.2 Å². The first-order chi connectivity index (χ1) is 17.6. The van der Waals surface area contributed by atoms with Crippen molar-refractivity contribution in [3.05, 3.63) is 71.0 Å². The molecule has 0 saturated carbocycles. The number of rotatable bonds is 9. The standard InChI is InChI=1S/C24H23ClF3N5O4/c1-29-10-11-36-21-17(25)6-7-18(20(21)24(26,27)28)33-23(35)32-14-4-3-5-15(12-14)37-16-8-9-31-19(13-16)22(34)30-2/h3-9,12-13,29H,10-11H2,1-2H3,(H,30,34)(H2,32,33,35). The maximum atomic E-state index is 13.9. The van der Waals surface area contributed by atoms with Crippen LogP contribution in [-0.4, -0.2) is 44.2 Å². The summed E-state index contributed by atoms with van der Waals surface area (Å²) in [6, 6.07) is 10.4. The summed E-state index contributed by atoms with van der Waals surface area (Å²) in [4.78, 5) is 28.3. The summed E-state index contributed by atoms with van der Waals surface area (Å²) >= 11 is 5.96. The molecule has 0 aliphatic carbocycles. The zero-order chi connectivity index (χ0) is 27.0. The van der Waals surface area contributed by atoms with Crippen molar-refractivity contribution >= 4 is 34.9 Å². The Balaban J connectivity index is 1.77. The minimum Gasteiger partial charge on any atom is -0.490 e. The Kier molecular flexibility index (Phi) is 9.15. The Morgan fingerprint density at radius 3 is 2.49 bits per heavy atom. The Morgan fingerprint density at radius 2 is 1.78 bits per heavy atom. The van der Waals surface area contributed by atoms with Crippen LogP contribution in [0.5, 0.6) is 17.2 Å². The maximum Gasteiger partial charge on any atom is 0.422 e. The number of amides is 3. The van der Waals surface area contributed by atoms with Crippen molar-refractivity contribution in [2.24, 2.45) is 0 Å². The van der Waals surface area contributed by atoms with Crippen LogP contribution in [0.2, 0.25) is 5.02 Å². The van der Waals surface area contributed by atoms with Gasteiger partial charge in [-0.1, -0.05) is 17.7 Å². The Bertz CT molecular complexity index is 1270. The van der Waals surface area contributed by atoms with Crippen LogP contribution in [0.1, 0.15) is 16.1 Å². The van der Waals surface area contributed by atoms with E-state index in [9.17, 15) is 22.8 Å². The van der Waals surface area contributed by atoms with E-state index in [4.69, 9.17) is 21.1 Å². The van der Waals surface area contributed by atoms with E-state index in [1.165, 1.54) is 43.6 Å². The van der Waals surface area contributed by atoms with Crippen molar-refractivity contribution in [2.45, 2.75) is 6.18 Å². The number of nitrogens with zero attached hydrogens (tertiary/aromatic N) is 1. The molecule has 37 heavy (non-hydrogen) atoms. The predicted molar refractivity (Wildman–Crippen MR) is 133 cm³/mol. The number of halogens is 4. The monoisotopic (exact) mass is 537 g/mol. The molecule has 0 unspecified atom stereocenters. The molecule has 0 atom stereocenters. The van der Waals surface area contributed by atoms with Gasteiger partial charge < -0.3 is 30.7 Å². The fourth-order valence-corrected chi connectivity index (χ4v) is 3.34. The molecule has 1 heterocycles. The highest BCUT2D eigenvalue weighted by molar-refractivity contribution is 6.32. The Hall–Kier alpha value is -4.03. The molecule has 1 aromatic heterocycles. The molecule has 0 spiro atoms. The molecule has 0 bridgehead atoms. The number of hydrogen-bond donors (Lipinski definition) is 4. The fourth-order valence-electron chi connectivity index (χ4n) is 3.12. The van der Waals surface area contributed by atoms with Gasteiger partial charge in [-0.3, -0.25) is 9.78 Å². The van der Waals surface area contributed by atoms with Crippen molar-refractivity contribution < 1.29 is 32.2 Å². The number of aromatic nitrogens is 1. The minimum absolute atomic E-state index is 0.0656. The second kappa shape index (κ2) is 12.3. The van der Waals surface area contributed by atoms with Crippen LogP contribution in [0.4, 0.5) is 29.3 Å². The third-order valence-electron chi connectivity index (χ3n) is 4.76. The van der Waals surface area contributed by atoms with E-state index in [0.29, 0.717) is 11.5 Å². The van der Waals surface area contributed by atoms with Crippen LogP contribution in [0.3, 0.4) is 0 Å². The molecule has 3 amide bonds. The number of urea groups is 1. The quantitative estimate of drug-likeness (QED) is 0.281. The van der Waals surface area contributed by atoms with E-state index in [1.807, 2.05) is 0 Å². The van der Waals surface area contributed by atoms with Crippen molar-refractivity contribution in [2.75, 3.05) is 37.9 Å². The Labute approximate surface area is 215 Å². The summed E-state index contributed by atoms with van der Waals surface area (Å²) in [5.74, 6) is -0.355. The highest BCUT2D eigenvalue weighted by Gasteiger charge is 2.39. The van der Waals surface area contributed by atoms with E-state index >= 15 is 0 Å². The normalized spacial score (nSPS) is 11.0. The zero-order valence-corrected chi connectivity index (χ0v) is 20.5. The van der Waals surface area contributed by atoms with Gasteiger partial charge in [0.25, 0.3) is 5.91 Å². The molecule has 13 heteroatoms. The maximum absolute atomic E-state index is 13.9. The van der Waals surface area contributed by atoms with Gasteiger partial charge in [-0.25, -0.2) is 4.79 Å². The van der Waals surface area contributed by atoms with Crippen molar-refractivity contribution in [1.29, 1.82) is 0 Å². The van der Waals surface area contributed by atoms with E-state index in [2.05, 4.69) is 26.3 Å². The van der Waals surface area contributed by atoms with Crippen LogP contribution >= 0.6 is 11.6 Å². The first-order valence-electron chi connectivity index (χ1n) is 10.8. The Morgan fingerprint density at radius 1 is 1.03 bits per heavy atom. The van der Waals surface area contributed by atoms with Gasteiger partial charge in [-0.05, 0) is 37.4 Å². The molecular formula is C24H23ClF3N5O4. The number of benzene rings is 2. The number of ether oxygens (including phenoxy) is 2. The van der Waals surface area contributed by atoms with Gasteiger partial charge in [0.05, 0.1) is 10.7 Å². The van der Waals surface area contributed by atoms with E-state index in [0.717, 1.165) is 6.07 Å². The van der Waals surface area contributed by atoms with E-state index < -0.39 is 35.1 Å². The number of likely N-dealkylation sites (N-methyl/N-ethyl adjacent to an activating group) is 1. The number of carbonyl (C=O) groups excluding carboxylic acids is 2. The fraction of sp³-hybridized carbons (Fsp3) is 0.208. The first kappa shape index (κ1) is 27.6. The van der Waals surface area contributed by atoms with E-state index in [1.54, 1.807) is 19.2 Å². The summed E-state index contributed by atoms with van der Waals surface area (Å²) in [6.07, 6.45) is -3.45. The first-order valence-corrected chi connectivity index (χ1v) is 11.2. The SMILES string of the molecule is CNCCOc1c(Cl)ccc(NC(=O)Nc2cccc(Oc3ccnc(C(=O)NC)c3)c2)c1C(F)(F)F. The molecule has 0 saturated heterocycles. The molecule has 2 aromatic carbocycles. The summed E-state index contributed by atoms with van der Waals surface area (Å²) in [7, 11) is 3.09. The highest BCUT2D eigenvalue weighted by Crippen LogP contribution is 2.45. The molecule has 0 fully saturated rings. The van der Waals surface area contributed by atoms with Crippen LogP contribution in [-0.2, 0) is 6.18 Å². The zero-order valence-electron chi connectivity index (χ0n) is 19.7. The number of pyridine rings is 1. The van der Waals surface area contributed by atoms with Gasteiger partial charge in [0.15, 0.2) is 5.75 Å². The van der Waals surface area contributed by atoms with Crippen molar-refractivity contribution in [3.63, 3.8) is 0 Å². The topological polar surface area (TPSA) is 114 Å². The predicted octanol–water partition coefficient (Wildman–Crippen LogP) is 5.15. The largest absolute Gasteiger partial charge is 0.490 e. The van der Waals surface area contributed by atoms with Gasteiger partial charge in [-0.15, -0.1) is 0 Å². The minimum atomic E-state index is -4.85. The number of carbonyl (C=O) groups is 2. The van der Waals surface area contributed by atoms with Crippen molar-refractivity contribution in [1.82, 2.24) is 15.6 Å². The molecule has 0 radical (unpaired) electrons. The summed E-state index contributed by atoms with van der Waals surface area (Å²) in [6.45, 7) is 0.223. The van der Waals surface area contributed by atoms with Crippen LogP contribution in [0.25, 0.3) is 0 Å². The smallest absolute Gasteiger partial charge is 0.422 e. The lowest BCUT2D eigenvalue weighted by molar-refractivity contribution is -0.138. The lowest BCUT2D eigenvalue weighted by Crippen LogP contribution is -2.23. The van der Waals surface area contributed by atoms with E-state index in [-0.39, 0.29) is 29.6 Å². The molecule has 0 aliphatic heterocycles. The van der Waals surface area contributed by atoms with Crippen LogP contribution < -0.4 is 30.7 Å². The third-order valence-corrected chi connectivity index (χ3v) is 5.06. The lowest BCUT2D eigenvalue weighted by atomic mass is 10.1. The molecule has 9 nitrogen and oxygen atoms in total. The number of anilines is 2. The van der Waals surface area contributed by atoms with Gasteiger partial charge >= 0.3 is 12.2 Å². The summed E-state index contributed by atoms with van der Waals surface area (Å²) in [5, 5.41) is 9.64. The van der Waals surface area contributed by atoms with Crippen LogP contribution in [0, 0.1) is 0 Å². The third kappa shape index (κ3) is 7.48. The summed E-state index contributed by atoms with van der Waals surface area (Å²) < 4.78 is 52.6. The van der Waals surface area contributed by atoms with Crippen LogP contribution in [0.15, 0.2) is 54.7 Å². The van der Waals surface area contributed by atoms with Gasteiger partial charge in [-0.2, -0.15) is 13.2 Å². The molecule has 3 aromatic rings. The molecule has 3 rings (SSSR count). The highest BCUT2D eigenvalue weighted by atomic mass is 35.5. The summed E-state index contributed by atoms with van der Waals surface area (Å²) in [5.41, 5.74) is -1.34. The van der Waals surface area contributed by atoms with Gasteiger partial charge in [0.2, 0.25) is 0 Å². The molecule has 4 N–H and O–H groups in total.